The van der Waals surface area contributed by atoms with Gasteiger partial charge in [-0.15, -0.1) is 0 Å². The number of hydrogen-bond donors (Lipinski definition) is 1. The molecule has 0 saturated carbocycles. The van der Waals surface area contributed by atoms with E-state index in [4.69, 9.17) is 4.74 Å². The van der Waals surface area contributed by atoms with E-state index < -0.39 is 0 Å². The van der Waals surface area contributed by atoms with E-state index in [1.54, 1.807) is 17.0 Å². The summed E-state index contributed by atoms with van der Waals surface area (Å²) in [5.74, 6) is -0.0959. The summed E-state index contributed by atoms with van der Waals surface area (Å²) in [6.07, 6.45) is 2.70. The summed E-state index contributed by atoms with van der Waals surface area (Å²) in [6.45, 7) is 2.48. The van der Waals surface area contributed by atoms with Crippen LogP contribution < -0.4 is 15.0 Å². The number of benzene rings is 1. The zero-order chi connectivity index (χ0) is 17.8. The molecule has 130 valence electrons. The van der Waals surface area contributed by atoms with Gasteiger partial charge < -0.3 is 15.0 Å². The third kappa shape index (κ3) is 3.79. The van der Waals surface area contributed by atoms with Gasteiger partial charge in [-0.1, -0.05) is 19.1 Å². The molecule has 2 amide bonds. The lowest BCUT2D eigenvalue weighted by Crippen LogP contribution is -2.28. The minimum Gasteiger partial charge on any atom is -0.481 e. The van der Waals surface area contributed by atoms with Crippen LogP contribution in [0.3, 0.4) is 0 Å². The maximum Gasteiger partial charge on any atom is 0.229 e. The number of aromatic nitrogens is 1. The molecule has 1 aliphatic rings. The van der Waals surface area contributed by atoms with Crippen molar-refractivity contribution in [3.05, 3.63) is 48.2 Å². The lowest BCUT2D eigenvalue weighted by Gasteiger charge is -2.17. The van der Waals surface area contributed by atoms with E-state index >= 15 is 0 Å². The summed E-state index contributed by atoms with van der Waals surface area (Å²) >= 11 is 0. The number of methoxy groups -OCH3 is 1. The Morgan fingerprint density at radius 2 is 2.04 bits per heavy atom. The summed E-state index contributed by atoms with van der Waals surface area (Å²) in [7, 11) is 1.53. The van der Waals surface area contributed by atoms with Gasteiger partial charge in [-0.3, -0.25) is 9.59 Å². The predicted molar refractivity (Wildman–Crippen MR) is 95.7 cm³/mol. The van der Waals surface area contributed by atoms with Crippen molar-refractivity contribution in [2.24, 2.45) is 5.92 Å². The number of aryl methyl sites for hydroxylation is 1. The minimum atomic E-state index is -0.375. The molecule has 1 unspecified atom stereocenters. The van der Waals surface area contributed by atoms with Gasteiger partial charge in [0, 0.05) is 24.7 Å². The first-order valence-electron chi connectivity index (χ1n) is 8.31. The summed E-state index contributed by atoms with van der Waals surface area (Å²) in [6, 6.07) is 11.3. The van der Waals surface area contributed by atoms with Gasteiger partial charge in [0.25, 0.3) is 0 Å². The molecule has 0 bridgehead atoms. The SMILES string of the molecule is CCc1ccc(N2CC(C(=O)Nc3ccc(OC)nc3)CC2=O)cc1. The van der Waals surface area contributed by atoms with Crippen LogP contribution in [0.25, 0.3) is 0 Å². The second-order valence-corrected chi connectivity index (χ2v) is 6.00. The zero-order valence-corrected chi connectivity index (χ0v) is 14.4. The van der Waals surface area contributed by atoms with Crippen LogP contribution in [-0.2, 0) is 16.0 Å². The van der Waals surface area contributed by atoms with Gasteiger partial charge in [0.05, 0.1) is 24.9 Å². The Balaban J connectivity index is 1.65. The molecule has 1 atom stereocenters. The Morgan fingerprint density at radius 3 is 2.64 bits per heavy atom. The number of carbonyl (C=O) groups excluding carboxylic acids is 2. The molecule has 0 radical (unpaired) electrons. The second kappa shape index (κ2) is 7.34. The van der Waals surface area contributed by atoms with Gasteiger partial charge in [0.2, 0.25) is 17.7 Å². The molecule has 6 heteroatoms. The Bertz CT molecular complexity index is 756. The third-order valence-electron chi connectivity index (χ3n) is 4.37. The van der Waals surface area contributed by atoms with Crippen LogP contribution in [0, 0.1) is 5.92 Å². The van der Waals surface area contributed by atoms with Gasteiger partial charge >= 0.3 is 0 Å². The molecule has 1 aliphatic heterocycles. The summed E-state index contributed by atoms with van der Waals surface area (Å²) in [5, 5.41) is 2.81. The van der Waals surface area contributed by atoms with Crippen LogP contribution in [0.2, 0.25) is 0 Å². The van der Waals surface area contributed by atoms with Crippen molar-refractivity contribution in [3.63, 3.8) is 0 Å². The van der Waals surface area contributed by atoms with E-state index in [0.717, 1.165) is 12.1 Å². The summed E-state index contributed by atoms with van der Waals surface area (Å²) in [4.78, 5) is 30.5. The molecule has 1 fully saturated rings. The number of hydrogen-bond acceptors (Lipinski definition) is 4. The summed E-state index contributed by atoms with van der Waals surface area (Å²) in [5.41, 5.74) is 2.64. The number of pyridine rings is 1. The monoisotopic (exact) mass is 339 g/mol. The highest BCUT2D eigenvalue weighted by Gasteiger charge is 2.35. The molecular weight excluding hydrogens is 318 g/mol. The van der Waals surface area contributed by atoms with Crippen molar-refractivity contribution in [1.82, 2.24) is 4.98 Å². The van der Waals surface area contributed by atoms with Gasteiger partial charge in [-0.05, 0) is 30.2 Å². The third-order valence-corrected chi connectivity index (χ3v) is 4.37. The van der Waals surface area contributed by atoms with Crippen LogP contribution >= 0.6 is 0 Å². The van der Waals surface area contributed by atoms with E-state index in [2.05, 4.69) is 17.2 Å². The Hall–Kier alpha value is -2.89. The van der Waals surface area contributed by atoms with Crippen molar-refractivity contribution in [2.75, 3.05) is 23.9 Å². The largest absolute Gasteiger partial charge is 0.481 e. The van der Waals surface area contributed by atoms with Gasteiger partial charge in [0.1, 0.15) is 0 Å². The lowest BCUT2D eigenvalue weighted by molar-refractivity contribution is -0.122. The second-order valence-electron chi connectivity index (χ2n) is 6.00. The smallest absolute Gasteiger partial charge is 0.229 e. The van der Waals surface area contributed by atoms with Crippen LogP contribution in [-0.4, -0.2) is 30.5 Å². The van der Waals surface area contributed by atoms with Crippen molar-refractivity contribution >= 4 is 23.2 Å². The molecule has 0 spiro atoms. The molecule has 2 aromatic rings. The van der Waals surface area contributed by atoms with E-state index in [-0.39, 0.29) is 24.2 Å². The summed E-state index contributed by atoms with van der Waals surface area (Å²) < 4.78 is 4.99. The van der Waals surface area contributed by atoms with E-state index in [1.165, 1.54) is 18.9 Å². The van der Waals surface area contributed by atoms with Crippen molar-refractivity contribution in [1.29, 1.82) is 0 Å². The fourth-order valence-corrected chi connectivity index (χ4v) is 2.86. The number of amides is 2. The van der Waals surface area contributed by atoms with Gasteiger partial charge in [0.15, 0.2) is 0 Å². The molecule has 1 N–H and O–H groups in total. The number of rotatable bonds is 5. The van der Waals surface area contributed by atoms with Crippen molar-refractivity contribution < 1.29 is 14.3 Å². The van der Waals surface area contributed by atoms with Gasteiger partial charge in [-0.25, -0.2) is 4.98 Å². The average molecular weight is 339 g/mol. The first-order valence-corrected chi connectivity index (χ1v) is 8.31. The first kappa shape index (κ1) is 17.0. The molecular formula is C19H21N3O3. The molecule has 6 nitrogen and oxygen atoms in total. The average Bonchev–Trinajstić information content (AvgIpc) is 3.04. The molecule has 1 aromatic carbocycles. The Morgan fingerprint density at radius 1 is 1.28 bits per heavy atom. The van der Waals surface area contributed by atoms with Crippen LogP contribution in [0.4, 0.5) is 11.4 Å². The first-order chi connectivity index (χ1) is 12.1. The maximum atomic E-state index is 12.4. The number of carbonyl (C=O) groups is 2. The van der Waals surface area contributed by atoms with Crippen LogP contribution in [0.1, 0.15) is 18.9 Å². The predicted octanol–water partition coefficient (Wildman–Crippen LogP) is 2.64. The minimum absolute atomic E-state index is 0.0303. The van der Waals surface area contributed by atoms with Crippen LogP contribution in [0.5, 0.6) is 5.88 Å². The highest BCUT2D eigenvalue weighted by atomic mass is 16.5. The highest BCUT2D eigenvalue weighted by molar-refractivity contribution is 6.03. The van der Waals surface area contributed by atoms with E-state index in [9.17, 15) is 9.59 Å². The molecule has 2 heterocycles. The lowest BCUT2D eigenvalue weighted by atomic mass is 10.1. The Kier molecular flexibility index (Phi) is 4.97. The highest BCUT2D eigenvalue weighted by Crippen LogP contribution is 2.26. The molecule has 3 rings (SSSR count). The Labute approximate surface area is 146 Å². The standard InChI is InChI=1S/C19H21N3O3/c1-3-13-4-7-16(8-5-13)22-12-14(10-18(22)23)19(24)21-15-6-9-17(25-2)20-11-15/h4-9,11,14H,3,10,12H2,1-2H3,(H,21,24). The fourth-order valence-electron chi connectivity index (χ4n) is 2.86. The van der Waals surface area contributed by atoms with E-state index in [1.807, 2.05) is 24.3 Å². The zero-order valence-electron chi connectivity index (χ0n) is 14.4. The number of nitrogens with one attached hydrogen (secondary N) is 1. The number of ether oxygens (including phenoxy) is 1. The van der Waals surface area contributed by atoms with Crippen molar-refractivity contribution in [3.8, 4) is 5.88 Å². The van der Waals surface area contributed by atoms with Crippen LogP contribution in [0.15, 0.2) is 42.6 Å². The molecule has 1 aromatic heterocycles. The molecule has 1 saturated heterocycles. The van der Waals surface area contributed by atoms with Gasteiger partial charge in [-0.2, -0.15) is 0 Å². The van der Waals surface area contributed by atoms with Crippen molar-refractivity contribution in [2.45, 2.75) is 19.8 Å². The normalized spacial score (nSPS) is 16.8. The fraction of sp³-hybridized carbons (Fsp3) is 0.316. The maximum absolute atomic E-state index is 12.4. The topological polar surface area (TPSA) is 71.5 Å². The number of anilines is 2. The number of nitrogens with zero attached hydrogens (tertiary/aromatic N) is 2. The molecule has 0 aliphatic carbocycles. The van der Waals surface area contributed by atoms with E-state index in [0.29, 0.717) is 18.1 Å². The quantitative estimate of drug-likeness (QED) is 0.909. The molecule has 25 heavy (non-hydrogen) atoms.